The lowest BCUT2D eigenvalue weighted by Gasteiger charge is -2.31. The van der Waals surface area contributed by atoms with Gasteiger partial charge in [-0.15, -0.1) is 0 Å². The first-order valence-electron chi connectivity index (χ1n) is 12.6. The van der Waals surface area contributed by atoms with Crippen molar-refractivity contribution in [2.45, 2.75) is 12.3 Å². The number of benzene rings is 5. The van der Waals surface area contributed by atoms with E-state index in [9.17, 15) is 0 Å². The minimum Gasteiger partial charge on any atom is -0.211 e. The van der Waals surface area contributed by atoms with Crippen LogP contribution in [-0.2, 0) is 5.41 Å². The maximum absolute atomic E-state index is 3.58. The summed E-state index contributed by atoms with van der Waals surface area (Å²) < 4.78 is 0. The molecule has 0 aliphatic heterocycles. The average molecular weight is 459 g/mol. The van der Waals surface area contributed by atoms with Gasteiger partial charge in [-0.25, -0.2) is 4.98 Å². The molecular formula is C35H24N+. The van der Waals surface area contributed by atoms with Crippen LogP contribution in [0.25, 0.3) is 50.0 Å². The molecule has 1 atom stereocenters. The Morgan fingerprint density at radius 2 is 1.36 bits per heavy atom. The van der Waals surface area contributed by atoms with Crippen LogP contribution in [0.1, 0.15) is 29.2 Å². The number of rotatable bonds is 1. The van der Waals surface area contributed by atoms with E-state index in [1.807, 2.05) is 0 Å². The van der Waals surface area contributed by atoms with Gasteiger partial charge in [0.25, 0.3) is 0 Å². The van der Waals surface area contributed by atoms with Crippen LogP contribution in [-0.4, -0.2) is 0 Å². The lowest BCUT2D eigenvalue weighted by Crippen LogP contribution is -2.26. The van der Waals surface area contributed by atoms with Crippen LogP contribution in [0.3, 0.4) is 0 Å². The SMILES string of the molecule is CC1=Cc2ccccc2C12c1ccccc1-c1cc(-c3[nH+]ccc4c3ccc3ccccc34)ccc12. The first kappa shape index (κ1) is 19.8. The van der Waals surface area contributed by atoms with Gasteiger partial charge in [-0.3, -0.25) is 0 Å². The van der Waals surface area contributed by atoms with Crippen LogP contribution >= 0.6 is 0 Å². The smallest absolute Gasteiger partial charge is 0.211 e. The van der Waals surface area contributed by atoms with E-state index in [4.69, 9.17) is 0 Å². The van der Waals surface area contributed by atoms with E-state index in [-0.39, 0.29) is 5.41 Å². The Morgan fingerprint density at radius 1 is 0.583 bits per heavy atom. The number of allylic oxidation sites excluding steroid dienone is 1. The fourth-order valence-corrected chi connectivity index (χ4v) is 6.89. The van der Waals surface area contributed by atoms with E-state index in [1.54, 1.807) is 0 Å². The summed E-state index contributed by atoms with van der Waals surface area (Å²) in [7, 11) is 0. The van der Waals surface area contributed by atoms with E-state index in [0.717, 1.165) is 0 Å². The van der Waals surface area contributed by atoms with E-state index in [0.29, 0.717) is 0 Å². The number of aromatic nitrogens is 1. The first-order chi connectivity index (χ1) is 17.8. The molecule has 1 spiro atoms. The van der Waals surface area contributed by atoms with Crippen molar-refractivity contribution < 1.29 is 4.98 Å². The Morgan fingerprint density at radius 3 is 2.31 bits per heavy atom. The van der Waals surface area contributed by atoms with Gasteiger partial charge in [0.05, 0.1) is 10.8 Å². The van der Waals surface area contributed by atoms with Gasteiger partial charge >= 0.3 is 0 Å². The number of hydrogen-bond donors (Lipinski definition) is 0. The van der Waals surface area contributed by atoms with Crippen molar-refractivity contribution in [3.63, 3.8) is 0 Å². The van der Waals surface area contributed by atoms with Crippen molar-refractivity contribution >= 4 is 27.6 Å². The zero-order chi connectivity index (χ0) is 23.9. The topological polar surface area (TPSA) is 14.1 Å². The standard InChI is InChI=1S/C35H23N/c1-22-20-24-9-3-6-12-31(24)35(22)32-13-7-5-11-28(32)30-21-25(15-17-33(30)35)34-29-16-14-23-8-2-4-10-26(23)27(29)18-19-36-34/h2-21H,1H3/p+1. The van der Waals surface area contributed by atoms with Crippen molar-refractivity contribution in [3.8, 4) is 22.4 Å². The lowest BCUT2D eigenvalue weighted by atomic mass is 9.70. The Labute approximate surface area is 210 Å². The third-order valence-corrected chi connectivity index (χ3v) is 8.38. The van der Waals surface area contributed by atoms with Gasteiger partial charge in [0, 0.05) is 17.0 Å². The summed E-state index contributed by atoms with van der Waals surface area (Å²) in [6, 6.07) is 40.3. The van der Waals surface area contributed by atoms with Gasteiger partial charge in [-0.05, 0) is 69.3 Å². The Bertz CT molecular complexity index is 1910. The van der Waals surface area contributed by atoms with Crippen LogP contribution in [0.15, 0.2) is 121 Å². The monoisotopic (exact) mass is 458 g/mol. The third kappa shape index (κ3) is 2.37. The molecule has 168 valence electrons. The molecule has 5 aromatic carbocycles. The second-order valence-corrected chi connectivity index (χ2v) is 10.1. The molecule has 0 fully saturated rings. The highest BCUT2D eigenvalue weighted by atomic mass is 14.7. The number of H-pyrrole nitrogens is 1. The molecule has 36 heavy (non-hydrogen) atoms. The number of nitrogens with one attached hydrogen (secondary N) is 1. The van der Waals surface area contributed by atoms with Crippen LogP contribution in [0, 0.1) is 0 Å². The number of hydrogen-bond acceptors (Lipinski definition) is 0. The molecule has 2 aliphatic rings. The van der Waals surface area contributed by atoms with Gasteiger partial charge in [-0.2, -0.15) is 0 Å². The molecule has 6 aromatic rings. The second kappa shape index (κ2) is 7.02. The van der Waals surface area contributed by atoms with Crippen LogP contribution in [0.2, 0.25) is 0 Å². The summed E-state index contributed by atoms with van der Waals surface area (Å²) in [6.07, 6.45) is 4.45. The minimum atomic E-state index is -0.209. The van der Waals surface area contributed by atoms with Crippen molar-refractivity contribution in [2.75, 3.05) is 0 Å². The van der Waals surface area contributed by atoms with Crippen molar-refractivity contribution in [1.29, 1.82) is 0 Å². The lowest BCUT2D eigenvalue weighted by molar-refractivity contribution is -0.362. The third-order valence-electron chi connectivity index (χ3n) is 8.38. The number of pyridine rings is 1. The Kier molecular flexibility index (Phi) is 3.86. The maximum Gasteiger partial charge on any atom is 0.218 e. The molecule has 0 amide bonds. The zero-order valence-electron chi connectivity index (χ0n) is 20.0. The van der Waals surface area contributed by atoms with E-state index in [2.05, 4.69) is 133 Å². The fraction of sp³-hybridized carbons (Fsp3) is 0.0571. The molecule has 1 unspecified atom stereocenters. The fourth-order valence-electron chi connectivity index (χ4n) is 6.89. The van der Waals surface area contributed by atoms with E-state index < -0.39 is 0 Å². The molecule has 0 bridgehead atoms. The predicted octanol–water partition coefficient (Wildman–Crippen LogP) is 8.21. The Hall–Kier alpha value is -4.49. The van der Waals surface area contributed by atoms with Crippen LogP contribution in [0.4, 0.5) is 0 Å². The van der Waals surface area contributed by atoms with Gasteiger partial charge in [0.2, 0.25) is 5.69 Å². The Balaban J connectivity index is 1.41. The van der Waals surface area contributed by atoms with Crippen molar-refractivity contribution in [2.24, 2.45) is 0 Å². The molecule has 2 aliphatic carbocycles. The van der Waals surface area contributed by atoms with Gasteiger partial charge in [-0.1, -0.05) is 96.6 Å². The zero-order valence-corrected chi connectivity index (χ0v) is 20.0. The maximum atomic E-state index is 3.58. The number of fused-ring (bicyclic) bond motifs is 10. The van der Waals surface area contributed by atoms with Crippen molar-refractivity contribution in [1.82, 2.24) is 0 Å². The van der Waals surface area contributed by atoms with Crippen LogP contribution < -0.4 is 4.98 Å². The largest absolute Gasteiger partial charge is 0.218 e. The summed E-state index contributed by atoms with van der Waals surface area (Å²) in [5, 5.41) is 5.09. The molecule has 1 nitrogen and oxygen atoms in total. The average Bonchev–Trinajstić information content (AvgIpc) is 3.40. The normalized spacial score (nSPS) is 17.3. The van der Waals surface area contributed by atoms with E-state index >= 15 is 0 Å². The summed E-state index contributed by atoms with van der Waals surface area (Å²) in [5.74, 6) is 0. The molecular weight excluding hydrogens is 434 g/mol. The highest BCUT2D eigenvalue weighted by molar-refractivity contribution is 6.10. The molecule has 0 saturated carbocycles. The summed E-state index contributed by atoms with van der Waals surface area (Å²) >= 11 is 0. The molecule has 0 radical (unpaired) electrons. The molecule has 1 aromatic heterocycles. The molecule has 8 rings (SSSR count). The van der Waals surface area contributed by atoms with Gasteiger partial charge < -0.3 is 0 Å². The molecule has 1 heteroatoms. The molecule has 1 heterocycles. The molecule has 0 saturated heterocycles. The highest BCUT2D eigenvalue weighted by Gasteiger charge is 2.49. The summed E-state index contributed by atoms with van der Waals surface area (Å²) in [6.45, 7) is 2.30. The minimum absolute atomic E-state index is 0.209. The van der Waals surface area contributed by atoms with Crippen LogP contribution in [0.5, 0.6) is 0 Å². The first-order valence-corrected chi connectivity index (χ1v) is 12.6. The summed E-state index contributed by atoms with van der Waals surface area (Å²) in [4.78, 5) is 3.58. The second-order valence-electron chi connectivity index (χ2n) is 10.1. The quantitative estimate of drug-likeness (QED) is 0.220. The molecule has 1 N–H and O–H groups in total. The predicted molar refractivity (Wildman–Crippen MR) is 149 cm³/mol. The van der Waals surface area contributed by atoms with Gasteiger partial charge in [0.15, 0.2) is 6.20 Å². The van der Waals surface area contributed by atoms with E-state index in [1.165, 1.54) is 71.8 Å². The summed E-state index contributed by atoms with van der Waals surface area (Å²) in [5.41, 5.74) is 11.7. The highest BCUT2D eigenvalue weighted by Crippen LogP contribution is 2.60. The number of aromatic amines is 1. The van der Waals surface area contributed by atoms with Gasteiger partial charge in [0.1, 0.15) is 0 Å². The van der Waals surface area contributed by atoms with Crippen molar-refractivity contribution in [3.05, 3.63) is 143 Å².